The Morgan fingerprint density at radius 1 is 1.26 bits per heavy atom. The van der Waals surface area contributed by atoms with E-state index in [-0.39, 0.29) is 24.3 Å². The first-order valence-corrected chi connectivity index (χ1v) is 8.11. The second-order valence-corrected chi connectivity index (χ2v) is 5.34. The Balaban J connectivity index is 2.47. The maximum Gasteiger partial charge on any atom is 0.221 e. The number of aliphatic imine (C=N–C) groups is 1. The second-order valence-electron chi connectivity index (χ2n) is 5.34. The van der Waals surface area contributed by atoms with Gasteiger partial charge in [0.1, 0.15) is 5.82 Å². The first-order chi connectivity index (χ1) is 11.1. The van der Waals surface area contributed by atoms with Crippen molar-refractivity contribution in [2.45, 2.75) is 46.2 Å². The minimum absolute atomic E-state index is 0.0109. The van der Waals surface area contributed by atoms with Crippen LogP contribution in [0.1, 0.15) is 39.2 Å². The molecule has 1 atom stereocenters. The molecule has 0 radical (unpaired) electrons. The fourth-order valence-electron chi connectivity index (χ4n) is 1.88. The fraction of sp³-hybridized carbons (Fsp3) is 0.529. The molecule has 0 bridgehead atoms. The number of carbonyl (C=O) groups is 1. The molecular formula is C17H27FN4O. The lowest BCUT2D eigenvalue weighted by Gasteiger charge is -2.13. The van der Waals surface area contributed by atoms with E-state index in [1.54, 1.807) is 18.2 Å². The zero-order valence-electron chi connectivity index (χ0n) is 14.2. The van der Waals surface area contributed by atoms with Crippen molar-refractivity contribution in [3.05, 3.63) is 35.6 Å². The van der Waals surface area contributed by atoms with Crippen LogP contribution < -0.4 is 16.0 Å². The molecule has 0 fully saturated rings. The Kier molecular flexibility index (Phi) is 8.72. The molecular weight excluding hydrogens is 295 g/mol. The van der Waals surface area contributed by atoms with E-state index in [9.17, 15) is 9.18 Å². The molecule has 0 aliphatic rings. The summed E-state index contributed by atoms with van der Waals surface area (Å²) in [5, 5.41) is 9.08. The Hall–Kier alpha value is -2.11. The molecule has 0 saturated carbocycles. The van der Waals surface area contributed by atoms with Gasteiger partial charge in [0.15, 0.2) is 5.96 Å². The van der Waals surface area contributed by atoms with Crippen LogP contribution in [-0.2, 0) is 11.3 Å². The summed E-state index contributed by atoms with van der Waals surface area (Å²) in [6.07, 6.45) is 1.28. The first kappa shape index (κ1) is 18.9. The van der Waals surface area contributed by atoms with Crippen LogP contribution in [0.4, 0.5) is 4.39 Å². The van der Waals surface area contributed by atoms with E-state index in [1.807, 2.05) is 20.8 Å². The summed E-state index contributed by atoms with van der Waals surface area (Å²) < 4.78 is 13.6. The number of rotatable bonds is 8. The molecule has 1 aromatic rings. The highest BCUT2D eigenvalue weighted by atomic mass is 19.1. The van der Waals surface area contributed by atoms with E-state index < -0.39 is 0 Å². The first-order valence-electron chi connectivity index (χ1n) is 8.11. The molecule has 3 N–H and O–H groups in total. The Bertz CT molecular complexity index is 519. The van der Waals surface area contributed by atoms with Gasteiger partial charge in [-0.15, -0.1) is 0 Å². The largest absolute Gasteiger partial charge is 0.357 e. The van der Waals surface area contributed by atoms with E-state index in [4.69, 9.17) is 0 Å². The van der Waals surface area contributed by atoms with E-state index in [2.05, 4.69) is 20.9 Å². The average molecular weight is 322 g/mol. The lowest BCUT2D eigenvalue weighted by Crippen LogP contribution is -2.40. The van der Waals surface area contributed by atoms with Crippen LogP contribution >= 0.6 is 0 Å². The van der Waals surface area contributed by atoms with E-state index in [1.165, 1.54) is 6.07 Å². The molecule has 0 aliphatic heterocycles. The van der Waals surface area contributed by atoms with Gasteiger partial charge in [-0.2, -0.15) is 0 Å². The number of amides is 1. The zero-order chi connectivity index (χ0) is 17.1. The Labute approximate surface area is 137 Å². The van der Waals surface area contributed by atoms with Gasteiger partial charge in [-0.3, -0.25) is 4.79 Å². The van der Waals surface area contributed by atoms with Crippen molar-refractivity contribution >= 4 is 11.9 Å². The van der Waals surface area contributed by atoms with Crippen molar-refractivity contribution in [2.75, 3.05) is 13.1 Å². The van der Waals surface area contributed by atoms with Gasteiger partial charge in [0.25, 0.3) is 0 Å². The van der Waals surface area contributed by atoms with Crippen LogP contribution in [-0.4, -0.2) is 31.0 Å². The normalized spacial score (nSPS) is 12.6. The molecule has 1 amide bonds. The van der Waals surface area contributed by atoms with Crippen molar-refractivity contribution in [1.29, 1.82) is 0 Å². The minimum Gasteiger partial charge on any atom is -0.357 e. The standard InChI is InChI=1S/C17H27FN4O/c1-4-13(3)22-16(23)10-11-20-17(19-5-2)21-12-14-8-6-7-9-15(14)18/h6-9,13H,4-5,10-12H2,1-3H3,(H,22,23)(H2,19,20,21). The summed E-state index contributed by atoms with van der Waals surface area (Å²) in [7, 11) is 0. The molecule has 1 rings (SSSR count). The van der Waals surface area contributed by atoms with Crippen molar-refractivity contribution in [3.8, 4) is 0 Å². The third kappa shape index (κ3) is 7.63. The number of guanidine groups is 1. The van der Waals surface area contributed by atoms with Gasteiger partial charge in [-0.25, -0.2) is 9.38 Å². The zero-order valence-corrected chi connectivity index (χ0v) is 14.2. The summed E-state index contributed by atoms with van der Waals surface area (Å²) in [6.45, 7) is 7.39. The molecule has 0 aromatic heterocycles. The predicted octanol–water partition coefficient (Wildman–Crippen LogP) is 2.19. The minimum atomic E-state index is -0.264. The van der Waals surface area contributed by atoms with Gasteiger partial charge in [-0.05, 0) is 26.3 Å². The summed E-state index contributed by atoms with van der Waals surface area (Å²) in [6, 6.07) is 6.76. The van der Waals surface area contributed by atoms with Crippen molar-refractivity contribution < 1.29 is 9.18 Å². The highest BCUT2D eigenvalue weighted by Gasteiger charge is 2.06. The van der Waals surface area contributed by atoms with Crippen LogP contribution in [0.3, 0.4) is 0 Å². The third-order valence-electron chi connectivity index (χ3n) is 3.37. The topological polar surface area (TPSA) is 65.5 Å². The fourth-order valence-corrected chi connectivity index (χ4v) is 1.88. The Morgan fingerprint density at radius 3 is 2.65 bits per heavy atom. The van der Waals surface area contributed by atoms with Crippen molar-refractivity contribution in [1.82, 2.24) is 16.0 Å². The summed E-state index contributed by atoms with van der Waals surface area (Å²) in [5.74, 6) is 0.323. The average Bonchev–Trinajstić information content (AvgIpc) is 2.53. The van der Waals surface area contributed by atoms with Gasteiger partial charge < -0.3 is 16.0 Å². The highest BCUT2D eigenvalue weighted by molar-refractivity contribution is 5.81. The SMILES string of the molecule is CCNC(=NCc1ccccc1F)NCCC(=O)NC(C)CC. The van der Waals surface area contributed by atoms with Gasteiger partial charge in [0, 0.05) is 31.1 Å². The maximum atomic E-state index is 13.6. The van der Waals surface area contributed by atoms with E-state index >= 15 is 0 Å². The Morgan fingerprint density at radius 2 is 2.00 bits per heavy atom. The van der Waals surface area contributed by atoms with E-state index in [0.29, 0.717) is 31.0 Å². The van der Waals surface area contributed by atoms with Crippen LogP contribution in [0.2, 0.25) is 0 Å². The lowest BCUT2D eigenvalue weighted by molar-refractivity contribution is -0.121. The number of hydrogen-bond acceptors (Lipinski definition) is 2. The summed E-state index contributed by atoms with van der Waals surface area (Å²) in [5.41, 5.74) is 0.541. The number of halogens is 1. The number of benzene rings is 1. The molecule has 23 heavy (non-hydrogen) atoms. The molecule has 128 valence electrons. The summed E-state index contributed by atoms with van der Waals surface area (Å²) in [4.78, 5) is 16.1. The molecule has 0 spiro atoms. The predicted molar refractivity (Wildman–Crippen MR) is 91.7 cm³/mol. The van der Waals surface area contributed by atoms with Crippen LogP contribution in [0.25, 0.3) is 0 Å². The quantitative estimate of drug-likeness (QED) is 0.508. The van der Waals surface area contributed by atoms with Crippen LogP contribution in [0, 0.1) is 5.82 Å². The molecule has 0 saturated heterocycles. The summed E-state index contributed by atoms with van der Waals surface area (Å²) >= 11 is 0. The highest BCUT2D eigenvalue weighted by Crippen LogP contribution is 2.07. The molecule has 1 unspecified atom stereocenters. The van der Waals surface area contributed by atoms with Gasteiger partial charge in [0.05, 0.1) is 6.54 Å². The third-order valence-corrected chi connectivity index (χ3v) is 3.37. The molecule has 0 aliphatic carbocycles. The molecule has 1 aromatic carbocycles. The second kappa shape index (κ2) is 10.6. The van der Waals surface area contributed by atoms with Crippen molar-refractivity contribution in [2.24, 2.45) is 4.99 Å². The van der Waals surface area contributed by atoms with Crippen molar-refractivity contribution in [3.63, 3.8) is 0 Å². The molecule has 5 nitrogen and oxygen atoms in total. The number of nitrogens with zero attached hydrogens (tertiary/aromatic N) is 1. The molecule has 6 heteroatoms. The lowest BCUT2D eigenvalue weighted by atomic mass is 10.2. The number of hydrogen-bond donors (Lipinski definition) is 3. The van der Waals surface area contributed by atoms with Gasteiger partial charge in [0.2, 0.25) is 5.91 Å². The van der Waals surface area contributed by atoms with Gasteiger partial charge in [-0.1, -0.05) is 25.1 Å². The maximum absolute atomic E-state index is 13.6. The molecule has 0 heterocycles. The smallest absolute Gasteiger partial charge is 0.221 e. The van der Waals surface area contributed by atoms with E-state index in [0.717, 1.165) is 6.42 Å². The monoisotopic (exact) mass is 322 g/mol. The van der Waals surface area contributed by atoms with Gasteiger partial charge >= 0.3 is 0 Å². The van der Waals surface area contributed by atoms with Crippen LogP contribution in [0.15, 0.2) is 29.3 Å². The number of carbonyl (C=O) groups excluding carboxylic acids is 1. The van der Waals surface area contributed by atoms with Crippen LogP contribution in [0.5, 0.6) is 0 Å². The number of nitrogens with one attached hydrogen (secondary N) is 3.